The second kappa shape index (κ2) is 12.3. The Morgan fingerprint density at radius 3 is 2.54 bits per heavy atom. The molecule has 0 aromatic heterocycles. The number of aliphatic imine (C=N–C) groups is 1. The minimum atomic E-state index is 0. The summed E-state index contributed by atoms with van der Waals surface area (Å²) in [5.74, 6) is 1.03. The van der Waals surface area contributed by atoms with Crippen molar-refractivity contribution in [1.29, 1.82) is 0 Å². The first-order chi connectivity index (χ1) is 12.1. The van der Waals surface area contributed by atoms with Gasteiger partial charge < -0.3 is 15.1 Å². The Bertz CT molecular complexity index is 569. The molecule has 0 saturated carbocycles. The number of rotatable bonds is 7. The van der Waals surface area contributed by atoms with Crippen molar-refractivity contribution in [3.8, 4) is 0 Å². The minimum absolute atomic E-state index is 0. The van der Waals surface area contributed by atoms with Crippen molar-refractivity contribution in [2.75, 3.05) is 40.3 Å². The van der Waals surface area contributed by atoms with Crippen molar-refractivity contribution in [3.05, 3.63) is 42.0 Å². The average molecular weight is 470 g/mol. The molecular formula is C21H35IN4. The number of unbranched alkanes of at least 4 members (excludes halogenated alkanes) is 1. The molecule has 0 radical (unpaired) electrons. The maximum absolute atomic E-state index is 4.46. The number of halogens is 1. The molecular weight excluding hydrogens is 435 g/mol. The fraction of sp³-hybridized carbons (Fsp3) is 0.571. The lowest BCUT2D eigenvalue weighted by atomic mass is 10.00. The van der Waals surface area contributed by atoms with Crippen LogP contribution in [-0.4, -0.2) is 62.1 Å². The van der Waals surface area contributed by atoms with E-state index in [1.807, 2.05) is 7.05 Å². The van der Waals surface area contributed by atoms with Crippen LogP contribution in [-0.2, 0) is 0 Å². The number of benzene rings is 1. The molecule has 1 heterocycles. The molecule has 1 aromatic carbocycles. The Balaban J connectivity index is 0.00000338. The van der Waals surface area contributed by atoms with Crippen LogP contribution < -0.4 is 5.32 Å². The third-order valence-electron chi connectivity index (χ3n) is 4.97. The van der Waals surface area contributed by atoms with E-state index in [2.05, 4.69) is 77.4 Å². The molecule has 0 unspecified atom stereocenters. The van der Waals surface area contributed by atoms with Crippen LogP contribution in [0.4, 0.5) is 0 Å². The van der Waals surface area contributed by atoms with Gasteiger partial charge in [0.05, 0.1) is 0 Å². The highest BCUT2D eigenvalue weighted by Gasteiger charge is 2.15. The maximum atomic E-state index is 4.46. The summed E-state index contributed by atoms with van der Waals surface area (Å²) in [6, 6.07) is 11.3. The monoisotopic (exact) mass is 470 g/mol. The largest absolute Gasteiger partial charge is 0.356 e. The molecule has 1 aliphatic rings. The minimum Gasteiger partial charge on any atom is -0.356 e. The third kappa shape index (κ3) is 7.27. The van der Waals surface area contributed by atoms with E-state index in [9.17, 15) is 0 Å². The van der Waals surface area contributed by atoms with Crippen LogP contribution in [0.1, 0.15) is 38.7 Å². The molecule has 0 atom stereocenters. The predicted octanol–water partition coefficient (Wildman–Crippen LogP) is 4.09. The van der Waals surface area contributed by atoms with Crippen LogP contribution in [0.2, 0.25) is 0 Å². The van der Waals surface area contributed by atoms with Crippen LogP contribution in [0.5, 0.6) is 0 Å². The van der Waals surface area contributed by atoms with Gasteiger partial charge in [0.15, 0.2) is 5.96 Å². The molecule has 4 nitrogen and oxygen atoms in total. The highest BCUT2D eigenvalue weighted by Crippen LogP contribution is 2.21. The first-order valence-corrected chi connectivity index (χ1v) is 9.52. The summed E-state index contributed by atoms with van der Waals surface area (Å²) >= 11 is 0. The van der Waals surface area contributed by atoms with Crippen LogP contribution in [0.15, 0.2) is 41.4 Å². The second-order valence-electron chi connectivity index (χ2n) is 7.05. The van der Waals surface area contributed by atoms with Crippen molar-refractivity contribution in [2.45, 2.75) is 39.2 Å². The predicted molar refractivity (Wildman–Crippen MR) is 124 cm³/mol. The summed E-state index contributed by atoms with van der Waals surface area (Å²) in [5, 5.41) is 3.52. The number of nitrogens with zero attached hydrogens (tertiary/aromatic N) is 3. The number of hydrogen-bond acceptors (Lipinski definition) is 2. The van der Waals surface area contributed by atoms with E-state index in [4.69, 9.17) is 0 Å². The normalized spacial score (nSPS) is 15.1. The van der Waals surface area contributed by atoms with Crippen molar-refractivity contribution >= 4 is 35.5 Å². The Morgan fingerprint density at radius 2 is 1.96 bits per heavy atom. The molecule has 5 heteroatoms. The summed E-state index contributed by atoms with van der Waals surface area (Å²) in [6.07, 6.45) is 5.80. The molecule has 26 heavy (non-hydrogen) atoms. The van der Waals surface area contributed by atoms with E-state index >= 15 is 0 Å². The number of hydrogen-bond donors (Lipinski definition) is 1. The smallest absolute Gasteiger partial charge is 0.193 e. The van der Waals surface area contributed by atoms with E-state index in [0.29, 0.717) is 6.04 Å². The summed E-state index contributed by atoms with van der Waals surface area (Å²) in [5.41, 5.74) is 2.79. The summed E-state index contributed by atoms with van der Waals surface area (Å²) in [7, 11) is 4.08. The van der Waals surface area contributed by atoms with Crippen molar-refractivity contribution in [3.63, 3.8) is 0 Å². The highest BCUT2D eigenvalue weighted by molar-refractivity contribution is 14.0. The van der Waals surface area contributed by atoms with Crippen LogP contribution in [0, 0.1) is 0 Å². The lowest BCUT2D eigenvalue weighted by molar-refractivity contribution is 0.268. The first kappa shape index (κ1) is 23.0. The molecule has 0 spiro atoms. The maximum Gasteiger partial charge on any atom is 0.193 e. The van der Waals surface area contributed by atoms with Gasteiger partial charge in [-0.3, -0.25) is 4.99 Å². The van der Waals surface area contributed by atoms with Gasteiger partial charge in [0.1, 0.15) is 0 Å². The van der Waals surface area contributed by atoms with Crippen LogP contribution >= 0.6 is 24.0 Å². The zero-order valence-corrected chi connectivity index (χ0v) is 19.1. The van der Waals surface area contributed by atoms with Gasteiger partial charge in [-0.15, -0.1) is 24.0 Å². The van der Waals surface area contributed by atoms with E-state index in [-0.39, 0.29) is 24.0 Å². The van der Waals surface area contributed by atoms with Gasteiger partial charge in [0, 0.05) is 32.7 Å². The molecule has 0 amide bonds. The van der Waals surface area contributed by atoms with Crippen molar-refractivity contribution in [1.82, 2.24) is 15.1 Å². The first-order valence-electron chi connectivity index (χ1n) is 9.52. The molecule has 0 bridgehead atoms. The van der Waals surface area contributed by atoms with Gasteiger partial charge in [-0.2, -0.15) is 0 Å². The SMILES string of the molecule is CN=C(NCCCCN(C)C(C)C)N1CC=C(c2ccccc2)CC1.I. The lowest BCUT2D eigenvalue weighted by Gasteiger charge is -2.30. The van der Waals surface area contributed by atoms with E-state index in [1.54, 1.807) is 0 Å². The quantitative estimate of drug-likeness (QED) is 0.282. The van der Waals surface area contributed by atoms with Gasteiger partial charge in [0.2, 0.25) is 0 Å². The molecule has 0 aliphatic carbocycles. The molecule has 1 aromatic rings. The van der Waals surface area contributed by atoms with E-state index in [1.165, 1.54) is 24.0 Å². The third-order valence-corrected chi connectivity index (χ3v) is 4.97. The topological polar surface area (TPSA) is 30.9 Å². The molecule has 1 aliphatic heterocycles. The zero-order chi connectivity index (χ0) is 18.1. The summed E-state index contributed by atoms with van der Waals surface area (Å²) in [6.45, 7) is 8.59. The lowest BCUT2D eigenvalue weighted by Crippen LogP contribution is -2.43. The van der Waals surface area contributed by atoms with Gasteiger partial charge in [-0.1, -0.05) is 36.4 Å². The molecule has 1 N–H and O–H groups in total. The van der Waals surface area contributed by atoms with Gasteiger partial charge >= 0.3 is 0 Å². The molecule has 0 saturated heterocycles. The van der Waals surface area contributed by atoms with Gasteiger partial charge in [-0.25, -0.2) is 0 Å². The van der Waals surface area contributed by atoms with Crippen LogP contribution in [0.25, 0.3) is 5.57 Å². The summed E-state index contributed by atoms with van der Waals surface area (Å²) in [4.78, 5) is 9.20. The average Bonchev–Trinajstić information content (AvgIpc) is 2.65. The highest BCUT2D eigenvalue weighted by atomic mass is 127. The molecule has 2 rings (SSSR count). The summed E-state index contributed by atoms with van der Waals surface area (Å²) < 4.78 is 0. The van der Waals surface area contributed by atoms with Gasteiger partial charge in [0.25, 0.3) is 0 Å². The van der Waals surface area contributed by atoms with Crippen LogP contribution in [0.3, 0.4) is 0 Å². The van der Waals surface area contributed by atoms with Crippen molar-refractivity contribution in [2.24, 2.45) is 4.99 Å². The van der Waals surface area contributed by atoms with Gasteiger partial charge in [-0.05, 0) is 57.8 Å². The Morgan fingerprint density at radius 1 is 1.23 bits per heavy atom. The fourth-order valence-electron chi connectivity index (χ4n) is 3.05. The van der Waals surface area contributed by atoms with Crippen molar-refractivity contribution < 1.29 is 0 Å². The Labute approximate surface area is 176 Å². The second-order valence-corrected chi connectivity index (χ2v) is 7.05. The number of guanidine groups is 1. The zero-order valence-electron chi connectivity index (χ0n) is 16.7. The van der Waals surface area contributed by atoms with E-state index < -0.39 is 0 Å². The Hall–Kier alpha value is -1.08. The molecule has 146 valence electrons. The van der Waals surface area contributed by atoms with E-state index in [0.717, 1.165) is 38.6 Å². The Kier molecular flexibility index (Phi) is 10.9. The standard InChI is InChI=1S/C21H34N4.HI/c1-18(2)24(4)15-9-8-14-23-21(22-3)25-16-12-20(13-17-25)19-10-6-5-7-11-19;/h5-7,10-12,18H,8-9,13-17H2,1-4H3,(H,22,23);1H. The molecule has 0 fully saturated rings. The number of nitrogens with one attached hydrogen (secondary N) is 1. The fourth-order valence-corrected chi connectivity index (χ4v) is 3.05.